The summed E-state index contributed by atoms with van der Waals surface area (Å²) in [6.45, 7) is 3.89. The van der Waals surface area contributed by atoms with Crippen LogP contribution in [0.15, 0.2) is 18.2 Å². The van der Waals surface area contributed by atoms with E-state index in [-0.39, 0.29) is 24.4 Å². The number of hydrogen-bond acceptors (Lipinski definition) is 3. The number of benzene rings is 1. The highest BCUT2D eigenvalue weighted by Gasteiger charge is 2.52. The Labute approximate surface area is 178 Å². The Morgan fingerprint density at radius 1 is 1.20 bits per heavy atom. The summed E-state index contributed by atoms with van der Waals surface area (Å²) in [5.74, 6) is 0.0804. The van der Waals surface area contributed by atoms with Gasteiger partial charge in [-0.3, -0.25) is 14.5 Å². The van der Waals surface area contributed by atoms with Crippen LogP contribution in [0.4, 0.5) is 4.79 Å². The number of amides is 4. The first-order valence-electron chi connectivity index (χ1n) is 11.5. The minimum absolute atomic E-state index is 0.167. The molecule has 0 radical (unpaired) electrons. The quantitative estimate of drug-likeness (QED) is 0.726. The van der Waals surface area contributed by atoms with Gasteiger partial charge in [-0.2, -0.15) is 0 Å². The Morgan fingerprint density at radius 3 is 2.60 bits per heavy atom. The molecule has 0 aromatic heterocycles. The molecule has 6 heteroatoms. The number of imide groups is 1. The molecule has 1 saturated carbocycles. The van der Waals surface area contributed by atoms with Crippen LogP contribution in [0.5, 0.6) is 0 Å². The van der Waals surface area contributed by atoms with Crippen LogP contribution in [0.3, 0.4) is 0 Å². The molecule has 1 spiro atoms. The second-order valence-electron chi connectivity index (χ2n) is 9.28. The Hall–Kier alpha value is -2.37. The summed E-state index contributed by atoms with van der Waals surface area (Å²) in [5, 5.41) is 5.86. The number of fused-ring (bicyclic) bond motifs is 1. The number of nitrogens with one attached hydrogen (secondary N) is 2. The molecule has 4 rings (SSSR count). The number of nitrogens with zero attached hydrogens (tertiary/aromatic N) is 1. The van der Waals surface area contributed by atoms with E-state index in [0.717, 1.165) is 42.6 Å². The van der Waals surface area contributed by atoms with E-state index in [0.29, 0.717) is 18.8 Å². The largest absolute Gasteiger partial charge is 0.348 e. The molecule has 30 heavy (non-hydrogen) atoms. The van der Waals surface area contributed by atoms with Gasteiger partial charge in [0.15, 0.2) is 0 Å². The standard InChI is InChI=1S/C24H33N3O3/c1-3-17-10-12-24(13-11-17)22(29)27(23(30)26-24)15-21(28)25-16(2)19-9-8-18-6-4-5-7-20(18)14-19/h8-9,14,16-17H,3-7,10-13,15H2,1-2H3,(H,25,28)(H,26,30)/t16-,17?,24?/m0/s1. The average Bonchev–Trinajstić information content (AvgIpc) is 2.98. The van der Waals surface area contributed by atoms with Gasteiger partial charge in [0.25, 0.3) is 5.91 Å². The van der Waals surface area contributed by atoms with Crippen molar-refractivity contribution in [2.45, 2.75) is 83.2 Å². The molecule has 1 aromatic carbocycles. The van der Waals surface area contributed by atoms with Crippen molar-refractivity contribution in [3.63, 3.8) is 0 Å². The van der Waals surface area contributed by atoms with Crippen molar-refractivity contribution in [3.05, 3.63) is 34.9 Å². The van der Waals surface area contributed by atoms with Crippen LogP contribution >= 0.6 is 0 Å². The molecule has 1 aromatic rings. The summed E-state index contributed by atoms with van der Waals surface area (Å²) < 4.78 is 0. The summed E-state index contributed by atoms with van der Waals surface area (Å²) in [5.41, 5.74) is 3.05. The highest BCUT2D eigenvalue weighted by Crippen LogP contribution is 2.37. The van der Waals surface area contributed by atoms with Crippen LogP contribution in [0.25, 0.3) is 0 Å². The summed E-state index contributed by atoms with van der Waals surface area (Å²) in [6.07, 6.45) is 8.99. The fourth-order valence-electron chi connectivity index (χ4n) is 5.27. The second kappa shape index (κ2) is 8.40. The van der Waals surface area contributed by atoms with E-state index >= 15 is 0 Å². The van der Waals surface area contributed by atoms with Crippen molar-refractivity contribution in [1.29, 1.82) is 0 Å². The van der Waals surface area contributed by atoms with Gasteiger partial charge in [0.2, 0.25) is 5.91 Å². The van der Waals surface area contributed by atoms with Crippen LogP contribution in [-0.2, 0) is 22.4 Å². The van der Waals surface area contributed by atoms with Crippen molar-refractivity contribution in [2.75, 3.05) is 6.54 Å². The SMILES string of the molecule is CCC1CCC2(CC1)NC(=O)N(CC(=O)N[C@@H](C)c1ccc3c(c1)CCCC3)C2=O. The predicted molar refractivity (Wildman–Crippen MR) is 115 cm³/mol. The van der Waals surface area contributed by atoms with Crippen LogP contribution in [0.2, 0.25) is 0 Å². The van der Waals surface area contributed by atoms with Crippen molar-refractivity contribution < 1.29 is 14.4 Å². The Morgan fingerprint density at radius 2 is 1.90 bits per heavy atom. The molecule has 0 unspecified atom stereocenters. The monoisotopic (exact) mass is 411 g/mol. The first-order valence-corrected chi connectivity index (χ1v) is 11.5. The van der Waals surface area contributed by atoms with Crippen molar-refractivity contribution >= 4 is 17.8 Å². The highest BCUT2D eigenvalue weighted by atomic mass is 16.2. The lowest BCUT2D eigenvalue weighted by Gasteiger charge is -2.34. The number of hydrogen-bond donors (Lipinski definition) is 2. The molecule has 4 amide bonds. The average molecular weight is 412 g/mol. The van der Waals surface area contributed by atoms with E-state index in [9.17, 15) is 14.4 Å². The molecule has 6 nitrogen and oxygen atoms in total. The second-order valence-corrected chi connectivity index (χ2v) is 9.28. The predicted octanol–water partition coefficient (Wildman–Crippen LogP) is 3.63. The molecule has 2 N–H and O–H groups in total. The maximum absolute atomic E-state index is 13.0. The van der Waals surface area contributed by atoms with Crippen molar-refractivity contribution in [1.82, 2.24) is 15.5 Å². The van der Waals surface area contributed by atoms with E-state index < -0.39 is 11.6 Å². The first kappa shape index (κ1) is 20.9. The summed E-state index contributed by atoms with van der Waals surface area (Å²) in [6, 6.07) is 5.82. The van der Waals surface area contributed by atoms with Crippen LogP contribution in [0.1, 0.15) is 81.5 Å². The highest BCUT2D eigenvalue weighted by molar-refractivity contribution is 6.09. The molecular weight excluding hydrogens is 378 g/mol. The van der Waals surface area contributed by atoms with Gasteiger partial charge in [-0.15, -0.1) is 0 Å². The van der Waals surface area contributed by atoms with E-state index in [1.54, 1.807) is 0 Å². The topological polar surface area (TPSA) is 78.5 Å². The van der Waals surface area contributed by atoms with E-state index in [1.807, 2.05) is 6.92 Å². The van der Waals surface area contributed by atoms with E-state index in [4.69, 9.17) is 0 Å². The summed E-state index contributed by atoms with van der Waals surface area (Å²) >= 11 is 0. The normalized spacial score (nSPS) is 27.0. The molecule has 1 atom stereocenters. The summed E-state index contributed by atoms with van der Waals surface area (Å²) in [7, 11) is 0. The number of urea groups is 1. The van der Waals surface area contributed by atoms with Crippen LogP contribution in [0, 0.1) is 5.92 Å². The Kier molecular flexibility index (Phi) is 5.85. The maximum atomic E-state index is 13.0. The van der Waals surface area contributed by atoms with Gasteiger partial charge in [-0.1, -0.05) is 31.5 Å². The lowest BCUT2D eigenvalue weighted by atomic mass is 9.75. The molecule has 3 aliphatic rings. The van der Waals surface area contributed by atoms with Crippen LogP contribution in [-0.4, -0.2) is 34.8 Å². The third-order valence-corrected chi connectivity index (χ3v) is 7.33. The van der Waals surface area contributed by atoms with Gasteiger partial charge in [0.05, 0.1) is 6.04 Å². The van der Waals surface area contributed by atoms with Gasteiger partial charge in [0.1, 0.15) is 12.1 Å². The van der Waals surface area contributed by atoms with E-state index in [2.05, 4.69) is 35.8 Å². The Balaban J connectivity index is 1.37. The Bertz CT molecular complexity index is 842. The molecule has 1 aliphatic heterocycles. The van der Waals surface area contributed by atoms with Crippen LogP contribution < -0.4 is 10.6 Å². The summed E-state index contributed by atoms with van der Waals surface area (Å²) in [4.78, 5) is 39.2. The first-order chi connectivity index (χ1) is 14.4. The molecule has 162 valence electrons. The fourth-order valence-corrected chi connectivity index (χ4v) is 5.27. The third-order valence-electron chi connectivity index (χ3n) is 7.33. The number of rotatable bonds is 5. The molecule has 1 heterocycles. The molecular formula is C24H33N3O3. The molecule has 2 aliphatic carbocycles. The zero-order valence-corrected chi connectivity index (χ0v) is 18.1. The molecule has 1 saturated heterocycles. The van der Waals surface area contributed by atoms with Gasteiger partial charge < -0.3 is 10.6 Å². The van der Waals surface area contributed by atoms with Gasteiger partial charge in [-0.05, 0) is 80.9 Å². The number of carbonyl (C=O) groups is 3. The van der Waals surface area contributed by atoms with E-state index in [1.165, 1.54) is 24.0 Å². The lowest BCUT2D eigenvalue weighted by Crippen LogP contribution is -2.50. The fraction of sp³-hybridized carbons (Fsp3) is 0.625. The minimum Gasteiger partial charge on any atom is -0.348 e. The number of carbonyl (C=O) groups excluding carboxylic acids is 3. The maximum Gasteiger partial charge on any atom is 0.325 e. The lowest BCUT2D eigenvalue weighted by molar-refractivity contribution is -0.136. The van der Waals surface area contributed by atoms with Gasteiger partial charge in [-0.25, -0.2) is 4.79 Å². The van der Waals surface area contributed by atoms with Gasteiger partial charge >= 0.3 is 6.03 Å². The molecule has 2 fully saturated rings. The smallest absolute Gasteiger partial charge is 0.325 e. The number of aryl methyl sites for hydroxylation is 2. The van der Waals surface area contributed by atoms with Crippen molar-refractivity contribution in [3.8, 4) is 0 Å². The minimum atomic E-state index is -0.798. The zero-order chi connectivity index (χ0) is 21.3. The zero-order valence-electron chi connectivity index (χ0n) is 18.1. The van der Waals surface area contributed by atoms with Gasteiger partial charge in [0, 0.05) is 0 Å². The van der Waals surface area contributed by atoms with Crippen molar-refractivity contribution in [2.24, 2.45) is 5.92 Å². The third kappa shape index (κ3) is 3.96. The molecule has 0 bridgehead atoms.